The van der Waals surface area contributed by atoms with Gasteiger partial charge in [0.05, 0.1) is 50.6 Å². The molecule has 0 radical (unpaired) electrons. The fourth-order valence-electron chi connectivity index (χ4n) is 2.30. The average Bonchev–Trinajstić information content (AvgIpc) is 2.69. The predicted octanol–water partition coefficient (Wildman–Crippen LogP) is 3.34. The van der Waals surface area contributed by atoms with E-state index in [9.17, 15) is 8.42 Å². The minimum Gasteiger partial charge on any atom is -0.377 e. The molecule has 0 bridgehead atoms. The van der Waals surface area contributed by atoms with Crippen LogP contribution in [0.25, 0.3) is 0 Å². The molecule has 0 aliphatic heterocycles. The van der Waals surface area contributed by atoms with Crippen molar-refractivity contribution >= 4 is 10.1 Å². The van der Waals surface area contributed by atoms with Gasteiger partial charge < -0.3 is 14.2 Å². The Balaban J connectivity index is 1.51. The molecule has 0 aromatic heterocycles. The van der Waals surface area contributed by atoms with E-state index in [2.05, 4.69) is 0 Å². The van der Waals surface area contributed by atoms with E-state index in [1.807, 2.05) is 37.3 Å². The summed E-state index contributed by atoms with van der Waals surface area (Å²) in [5, 5.41) is 0. The molecule has 0 aliphatic carbocycles. The molecule has 0 aliphatic rings. The van der Waals surface area contributed by atoms with Gasteiger partial charge in [0, 0.05) is 0 Å². The zero-order valence-electron chi connectivity index (χ0n) is 16.4. The summed E-state index contributed by atoms with van der Waals surface area (Å²) in [4.78, 5) is 0.143. The van der Waals surface area contributed by atoms with Crippen molar-refractivity contribution in [3.05, 3.63) is 65.7 Å². The molecule has 28 heavy (non-hydrogen) atoms. The van der Waals surface area contributed by atoms with Crippen molar-refractivity contribution in [2.45, 2.75) is 31.5 Å². The third-order valence-corrected chi connectivity index (χ3v) is 5.18. The van der Waals surface area contributed by atoms with Crippen LogP contribution in [0, 0.1) is 6.92 Å². The monoisotopic (exact) mass is 408 g/mol. The molecule has 2 rings (SSSR count). The van der Waals surface area contributed by atoms with Gasteiger partial charge in [-0.1, -0.05) is 48.0 Å². The van der Waals surface area contributed by atoms with Crippen LogP contribution in [0.3, 0.4) is 0 Å². The molecule has 6 nitrogen and oxygen atoms in total. The summed E-state index contributed by atoms with van der Waals surface area (Å²) in [5.74, 6) is 0. The van der Waals surface area contributed by atoms with Crippen molar-refractivity contribution in [3.63, 3.8) is 0 Å². The lowest BCUT2D eigenvalue weighted by Gasteiger charge is -2.14. The highest BCUT2D eigenvalue weighted by molar-refractivity contribution is 7.86. The standard InChI is InChI=1S/C21H28O6S/c1-18-8-10-21(11-9-18)28(22,23)27-16-19(2)26-15-14-24-12-13-25-17-20-6-4-3-5-7-20/h3-11,19H,12-17H2,1-2H3/t19-/m1/s1. The van der Waals surface area contributed by atoms with Gasteiger partial charge >= 0.3 is 0 Å². The van der Waals surface area contributed by atoms with Crippen molar-refractivity contribution in [1.29, 1.82) is 0 Å². The normalized spacial score (nSPS) is 12.8. The van der Waals surface area contributed by atoms with Gasteiger partial charge in [0.2, 0.25) is 0 Å². The first-order chi connectivity index (χ1) is 13.5. The summed E-state index contributed by atoms with van der Waals surface area (Å²) >= 11 is 0. The molecule has 0 saturated heterocycles. The van der Waals surface area contributed by atoms with Crippen molar-refractivity contribution < 1.29 is 26.8 Å². The van der Waals surface area contributed by atoms with Crippen molar-refractivity contribution in [1.82, 2.24) is 0 Å². The van der Waals surface area contributed by atoms with E-state index in [1.165, 1.54) is 12.1 Å². The van der Waals surface area contributed by atoms with Gasteiger partial charge in [-0.25, -0.2) is 0 Å². The molecule has 0 unspecified atom stereocenters. The Bertz CT molecular complexity index is 774. The average molecular weight is 409 g/mol. The summed E-state index contributed by atoms with van der Waals surface area (Å²) in [7, 11) is -3.77. The number of hydrogen-bond acceptors (Lipinski definition) is 6. The summed E-state index contributed by atoms with van der Waals surface area (Å²) < 4.78 is 45.7. The molecule has 1 atom stereocenters. The number of hydrogen-bond donors (Lipinski definition) is 0. The number of rotatable bonds is 13. The van der Waals surface area contributed by atoms with Gasteiger partial charge in [0.25, 0.3) is 10.1 Å². The van der Waals surface area contributed by atoms with E-state index in [0.717, 1.165) is 11.1 Å². The quantitative estimate of drug-likeness (QED) is 0.374. The topological polar surface area (TPSA) is 71.1 Å². The smallest absolute Gasteiger partial charge is 0.297 e. The van der Waals surface area contributed by atoms with Crippen LogP contribution in [0.5, 0.6) is 0 Å². The van der Waals surface area contributed by atoms with Crippen LogP contribution in [0.15, 0.2) is 59.5 Å². The number of benzene rings is 2. The van der Waals surface area contributed by atoms with Gasteiger partial charge in [-0.15, -0.1) is 0 Å². The van der Waals surface area contributed by atoms with E-state index < -0.39 is 10.1 Å². The highest BCUT2D eigenvalue weighted by atomic mass is 32.2. The second-order valence-corrected chi connectivity index (χ2v) is 8.00. The molecule has 0 spiro atoms. The summed E-state index contributed by atoms with van der Waals surface area (Å²) in [6.07, 6.45) is -0.363. The SMILES string of the molecule is Cc1ccc(S(=O)(=O)OC[C@@H](C)OCCOCCOCc2ccccc2)cc1. The van der Waals surface area contributed by atoms with Crippen LogP contribution in [-0.4, -0.2) is 47.6 Å². The largest absolute Gasteiger partial charge is 0.377 e. The van der Waals surface area contributed by atoms with Crippen LogP contribution in [0.4, 0.5) is 0 Å². The minimum atomic E-state index is -3.77. The van der Waals surface area contributed by atoms with E-state index in [-0.39, 0.29) is 17.6 Å². The maximum atomic E-state index is 12.1. The third kappa shape index (κ3) is 8.50. The third-order valence-electron chi connectivity index (χ3n) is 3.88. The Labute approximate surface area is 167 Å². The molecular weight excluding hydrogens is 380 g/mol. The maximum Gasteiger partial charge on any atom is 0.297 e. The molecule has 0 amide bonds. The summed E-state index contributed by atoms with van der Waals surface area (Å²) in [6.45, 7) is 5.90. The van der Waals surface area contributed by atoms with Crippen molar-refractivity contribution in [2.75, 3.05) is 33.0 Å². The molecule has 2 aromatic rings. The van der Waals surface area contributed by atoms with Crippen LogP contribution in [0.2, 0.25) is 0 Å². The van der Waals surface area contributed by atoms with Crippen LogP contribution in [-0.2, 0) is 35.1 Å². The van der Waals surface area contributed by atoms with Crippen molar-refractivity contribution in [3.8, 4) is 0 Å². The molecule has 0 heterocycles. The first kappa shape index (κ1) is 22.5. The Morgan fingerprint density at radius 1 is 0.857 bits per heavy atom. The number of aryl methyl sites for hydroxylation is 1. The molecule has 2 aromatic carbocycles. The number of ether oxygens (including phenoxy) is 3. The molecule has 154 valence electrons. The van der Waals surface area contributed by atoms with Crippen molar-refractivity contribution in [2.24, 2.45) is 0 Å². The Hall–Kier alpha value is -1.77. The highest BCUT2D eigenvalue weighted by Gasteiger charge is 2.16. The summed E-state index contributed by atoms with van der Waals surface area (Å²) in [6, 6.07) is 16.5. The van der Waals surface area contributed by atoms with E-state index in [1.54, 1.807) is 19.1 Å². The zero-order chi connectivity index (χ0) is 20.2. The Morgan fingerprint density at radius 2 is 1.50 bits per heavy atom. The molecule has 7 heteroatoms. The maximum absolute atomic E-state index is 12.1. The van der Waals surface area contributed by atoms with E-state index >= 15 is 0 Å². The van der Waals surface area contributed by atoms with Gasteiger partial charge in [-0.3, -0.25) is 4.18 Å². The summed E-state index contributed by atoms with van der Waals surface area (Å²) in [5.41, 5.74) is 2.11. The highest BCUT2D eigenvalue weighted by Crippen LogP contribution is 2.13. The first-order valence-electron chi connectivity index (χ1n) is 9.24. The lowest BCUT2D eigenvalue weighted by atomic mass is 10.2. The Kier molecular flexibility index (Phi) is 9.60. The van der Waals surface area contributed by atoms with Gasteiger partial charge in [-0.2, -0.15) is 8.42 Å². The molecule has 0 saturated carbocycles. The fraction of sp³-hybridized carbons (Fsp3) is 0.429. The van der Waals surface area contributed by atoms with Gasteiger partial charge in [0.15, 0.2) is 0 Å². The first-order valence-corrected chi connectivity index (χ1v) is 10.7. The zero-order valence-corrected chi connectivity index (χ0v) is 17.2. The molecule has 0 fully saturated rings. The van der Waals surface area contributed by atoms with Gasteiger partial charge in [-0.05, 0) is 31.5 Å². The molecular formula is C21H28O6S. The van der Waals surface area contributed by atoms with Crippen LogP contribution >= 0.6 is 0 Å². The lowest BCUT2D eigenvalue weighted by molar-refractivity contribution is -0.0193. The van der Waals surface area contributed by atoms with Gasteiger partial charge in [0.1, 0.15) is 0 Å². The van der Waals surface area contributed by atoms with E-state index in [0.29, 0.717) is 33.0 Å². The van der Waals surface area contributed by atoms with Crippen LogP contribution in [0.1, 0.15) is 18.1 Å². The Morgan fingerprint density at radius 3 is 2.21 bits per heavy atom. The fourth-order valence-corrected chi connectivity index (χ4v) is 3.28. The second kappa shape index (κ2) is 11.9. The predicted molar refractivity (Wildman–Crippen MR) is 107 cm³/mol. The van der Waals surface area contributed by atoms with E-state index in [4.69, 9.17) is 18.4 Å². The van der Waals surface area contributed by atoms with Crippen LogP contribution < -0.4 is 0 Å². The lowest BCUT2D eigenvalue weighted by Crippen LogP contribution is -2.21. The minimum absolute atomic E-state index is 0.0452. The molecule has 0 N–H and O–H groups in total. The second-order valence-electron chi connectivity index (χ2n) is 6.38.